The minimum absolute atomic E-state index is 0.0416. The van der Waals surface area contributed by atoms with Gasteiger partial charge in [-0.05, 0) is 19.1 Å². The van der Waals surface area contributed by atoms with Crippen molar-refractivity contribution in [2.45, 2.75) is 25.3 Å². The molecule has 0 aromatic heterocycles. The second-order valence-electron chi connectivity index (χ2n) is 6.13. The summed E-state index contributed by atoms with van der Waals surface area (Å²) in [4.78, 5) is 37.5. The van der Waals surface area contributed by atoms with Crippen LogP contribution in [0.15, 0.2) is 18.2 Å². The van der Waals surface area contributed by atoms with E-state index in [2.05, 4.69) is 0 Å². The van der Waals surface area contributed by atoms with Gasteiger partial charge in [0.15, 0.2) is 6.10 Å². The summed E-state index contributed by atoms with van der Waals surface area (Å²) in [5.41, 5.74) is 0.932. The number of hydrogen-bond acceptors (Lipinski definition) is 5. The summed E-state index contributed by atoms with van der Waals surface area (Å²) in [6.45, 7) is 1.09. The Labute approximate surface area is 151 Å². The largest absolute Gasteiger partial charge is 0.479 e. The predicted octanol–water partition coefficient (Wildman–Crippen LogP) is 1.43. The number of fused-ring (bicyclic) bond motifs is 1. The molecule has 2 aliphatic heterocycles. The van der Waals surface area contributed by atoms with Gasteiger partial charge in [-0.1, -0.05) is 0 Å². The molecule has 0 spiro atoms. The average Bonchev–Trinajstić information content (AvgIpc) is 2.97. The van der Waals surface area contributed by atoms with Gasteiger partial charge in [-0.25, -0.2) is 4.79 Å². The zero-order chi connectivity index (χ0) is 19.9. The summed E-state index contributed by atoms with van der Waals surface area (Å²) >= 11 is 0. The van der Waals surface area contributed by atoms with E-state index in [1.807, 2.05) is 0 Å². The van der Waals surface area contributed by atoms with Crippen molar-refractivity contribution in [3.63, 3.8) is 0 Å². The lowest BCUT2D eigenvalue weighted by atomic mass is 10.1. The number of cyclic esters (lactones) is 1. The molecule has 1 saturated heterocycles. The number of ether oxygens (including phenoxy) is 2. The summed E-state index contributed by atoms with van der Waals surface area (Å²) in [7, 11) is 1.60. The predicted molar refractivity (Wildman–Crippen MR) is 86.6 cm³/mol. The number of amides is 3. The molecule has 8 nitrogen and oxygen atoms in total. The normalized spacial score (nSPS) is 22.3. The fraction of sp³-hybridized carbons (Fsp3) is 0.438. The van der Waals surface area contributed by atoms with E-state index in [1.165, 1.54) is 9.80 Å². The highest BCUT2D eigenvalue weighted by Crippen LogP contribution is 2.37. The Morgan fingerprint density at radius 3 is 2.67 bits per heavy atom. The molecule has 2 heterocycles. The Kier molecular flexibility index (Phi) is 4.62. The van der Waals surface area contributed by atoms with Crippen molar-refractivity contribution in [1.29, 1.82) is 0 Å². The van der Waals surface area contributed by atoms with Crippen LogP contribution >= 0.6 is 0 Å². The molecule has 1 aromatic carbocycles. The number of carbonyl (C=O) groups excluding carboxylic acids is 3. The van der Waals surface area contributed by atoms with E-state index in [4.69, 9.17) is 9.47 Å². The standard InChI is InChI=1S/C16H16F3N3O5/c1-8-13(23)21(2)11-4-3-9(5-12(11)26-8)22-7-10(27-15(22)25)6-20-14(24)16(17,18)19/h3-5,8,10H,6-7H2,1-2H3,(H,20,24)/t8?,10-/m0/s1. The molecule has 0 aliphatic carbocycles. The van der Waals surface area contributed by atoms with E-state index in [-0.39, 0.29) is 12.5 Å². The van der Waals surface area contributed by atoms with Gasteiger partial charge in [0.2, 0.25) is 0 Å². The Morgan fingerprint density at radius 2 is 2.00 bits per heavy atom. The van der Waals surface area contributed by atoms with Crippen LogP contribution < -0.4 is 19.9 Å². The van der Waals surface area contributed by atoms with Crippen LogP contribution in [0.3, 0.4) is 0 Å². The van der Waals surface area contributed by atoms with E-state index in [9.17, 15) is 27.6 Å². The number of likely N-dealkylation sites (N-methyl/N-ethyl adjacent to an activating group) is 1. The monoisotopic (exact) mass is 387 g/mol. The summed E-state index contributed by atoms with van der Waals surface area (Å²) in [5.74, 6) is -1.92. The van der Waals surface area contributed by atoms with E-state index in [0.29, 0.717) is 17.1 Å². The average molecular weight is 387 g/mol. The van der Waals surface area contributed by atoms with Crippen molar-refractivity contribution in [3.05, 3.63) is 18.2 Å². The summed E-state index contributed by atoms with van der Waals surface area (Å²) in [6.07, 6.45) is -7.37. The first-order chi connectivity index (χ1) is 12.6. The SMILES string of the molecule is CC1Oc2cc(N3C[C@H](CNC(=O)C(F)(F)F)OC3=O)ccc2N(C)C1=O. The minimum Gasteiger partial charge on any atom is -0.479 e. The fourth-order valence-electron chi connectivity index (χ4n) is 2.82. The zero-order valence-electron chi connectivity index (χ0n) is 14.4. The van der Waals surface area contributed by atoms with Gasteiger partial charge in [-0.15, -0.1) is 0 Å². The molecule has 0 saturated carbocycles. The molecule has 0 radical (unpaired) electrons. The maximum Gasteiger partial charge on any atom is 0.471 e. The molecular weight excluding hydrogens is 371 g/mol. The summed E-state index contributed by atoms with van der Waals surface area (Å²) in [6, 6.07) is 4.72. The second kappa shape index (κ2) is 6.63. The third kappa shape index (κ3) is 3.62. The minimum atomic E-state index is -5.00. The Bertz CT molecular complexity index is 798. The van der Waals surface area contributed by atoms with Crippen LogP contribution in [-0.2, 0) is 14.3 Å². The topological polar surface area (TPSA) is 88.2 Å². The zero-order valence-corrected chi connectivity index (χ0v) is 14.4. The van der Waals surface area contributed by atoms with E-state index >= 15 is 0 Å². The molecule has 2 aliphatic rings. The van der Waals surface area contributed by atoms with Gasteiger partial charge in [-0.2, -0.15) is 13.2 Å². The first-order valence-corrected chi connectivity index (χ1v) is 7.99. The van der Waals surface area contributed by atoms with Gasteiger partial charge >= 0.3 is 18.2 Å². The third-order valence-corrected chi connectivity index (χ3v) is 4.22. The fourth-order valence-corrected chi connectivity index (χ4v) is 2.82. The van der Waals surface area contributed by atoms with Gasteiger partial charge in [0.1, 0.15) is 11.9 Å². The number of nitrogens with one attached hydrogen (secondary N) is 1. The van der Waals surface area contributed by atoms with Gasteiger partial charge in [0, 0.05) is 13.1 Å². The smallest absolute Gasteiger partial charge is 0.471 e. The van der Waals surface area contributed by atoms with Crippen molar-refractivity contribution in [2.24, 2.45) is 0 Å². The van der Waals surface area contributed by atoms with E-state index in [0.717, 1.165) is 0 Å². The lowest BCUT2D eigenvalue weighted by molar-refractivity contribution is -0.173. The number of alkyl halides is 3. The maximum absolute atomic E-state index is 12.2. The summed E-state index contributed by atoms with van der Waals surface area (Å²) in [5, 5.41) is 1.69. The molecule has 11 heteroatoms. The van der Waals surface area contributed by atoms with Crippen LogP contribution in [0.4, 0.5) is 29.3 Å². The van der Waals surface area contributed by atoms with Gasteiger partial charge in [0.25, 0.3) is 5.91 Å². The van der Waals surface area contributed by atoms with Crippen LogP contribution in [0.25, 0.3) is 0 Å². The first-order valence-electron chi connectivity index (χ1n) is 7.99. The number of halogens is 3. The van der Waals surface area contributed by atoms with Crippen LogP contribution in [0.5, 0.6) is 5.75 Å². The van der Waals surface area contributed by atoms with Gasteiger partial charge in [0.05, 0.1) is 24.5 Å². The Hall–Kier alpha value is -2.98. The van der Waals surface area contributed by atoms with Crippen molar-refractivity contribution >= 4 is 29.3 Å². The number of benzene rings is 1. The Balaban J connectivity index is 1.71. The highest BCUT2D eigenvalue weighted by molar-refractivity contribution is 6.00. The van der Waals surface area contributed by atoms with Crippen LogP contribution in [-0.4, -0.2) is 56.4 Å². The maximum atomic E-state index is 12.2. The lowest BCUT2D eigenvalue weighted by Crippen LogP contribution is -2.42. The lowest BCUT2D eigenvalue weighted by Gasteiger charge is -2.31. The van der Waals surface area contributed by atoms with Gasteiger partial charge < -0.3 is 19.7 Å². The van der Waals surface area contributed by atoms with Crippen molar-refractivity contribution < 1.29 is 37.0 Å². The molecule has 3 amide bonds. The number of hydrogen-bond donors (Lipinski definition) is 1. The van der Waals surface area contributed by atoms with Crippen LogP contribution in [0.2, 0.25) is 0 Å². The molecule has 1 fully saturated rings. The number of rotatable bonds is 3. The molecule has 27 heavy (non-hydrogen) atoms. The highest BCUT2D eigenvalue weighted by Gasteiger charge is 2.40. The highest BCUT2D eigenvalue weighted by atomic mass is 19.4. The van der Waals surface area contributed by atoms with Gasteiger partial charge in [-0.3, -0.25) is 14.5 Å². The molecule has 3 rings (SSSR count). The van der Waals surface area contributed by atoms with Crippen LogP contribution in [0, 0.1) is 0 Å². The number of carbonyl (C=O) groups is 3. The third-order valence-electron chi connectivity index (χ3n) is 4.22. The molecule has 1 aromatic rings. The molecular formula is C16H16F3N3O5. The van der Waals surface area contributed by atoms with E-state index in [1.54, 1.807) is 37.5 Å². The van der Waals surface area contributed by atoms with Crippen molar-refractivity contribution in [1.82, 2.24) is 5.32 Å². The van der Waals surface area contributed by atoms with Crippen LogP contribution in [0.1, 0.15) is 6.92 Å². The van der Waals surface area contributed by atoms with E-state index < -0.39 is 36.9 Å². The molecule has 2 atom stereocenters. The molecule has 1 N–H and O–H groups in total. The quantitative estimate of drug-likeness (QED) is 0.848. The number of nitrogens with zero attached hydrogens (tertiary/aromatic N) is 2. The first kappa shape index (κ1) is 18.8. The van der Waals surface area contributed by atoms with Crippen molar-refractivity contribution in [2.75, 3.05) is 29.9 Å². The summed E-state index contributed by atoms with van der Waals surface area (Å²) < 4.78 is 47.2. The second-order valence-corrected chi connectivity index (χ2v) is 6.13. The molecule has 146 valence electrons. The Morgan fingerprint density at radius 1 is 1.30 bits per heavy atom. The molecule has 1 unspecified atom stereocenters. The molecule has 0 bridgehead atoms. The van der Waals surface area contributed by atoms with Crippen molar-refractivity contribution in [3.8, 4) is 5.75 Å². The number of anilines is 2.